The van der Waals surface area contributed by atoms with Crippen LogP contribution in [0.15, 0.2) is 30.3 Å². The van der Waals surface area contributed by atoms with Gasteiger partial charge in [-0.15, -0.1) is 0 Å². The number of hydrogen-bond donors (Lipinski definition) is 4. The second-order valence-electron chi connectivity index (χ2n) is 12.0. The minimum atomic E-state index is -0.946. The Morgan fingerprint density at radius 1 is 0.977 bits per heavy atom. The predicted molar refractivity (Wildman–Crippen MR) is 162 cm³/mol. The van der Waals surface area contributed by atoms with Crippen molar-refractivity contribution in [3.8, 4) is 0 Å². The first-order valence-electron chi connectivity index (χ1n) is 15.4. The van der Waals surface area contributed by atoms with Gasteiger partial charge in [0.15, 0.2) is 5.82 Å². The molecule has 0 spiro atoms. The third-order valence-electron chi connectivity index (χ3n) is 7.80. The van der Waals surface area contributed by atoms with Crippen LogP contribution in [0.2, 0.25) is 0 Å². The number of carbonyl (C=O) groups excluding carboxylic acids is 5. The first-order chi connectivity index (χ1) is 21.0. The van der Waals surface area contributed by atoms with Gasteiger partial charge < -0.3 is 26.2 Å². The van der Waals surface area contributed by atoms with E-state index in [0.717, 1.165) is 18.4 Å². The highest BCUT2D eigenvalue weighted by molar-refractivity contribution is 5.92. The van der Waals surface area contributed by atoms with Gasteiger partial charge in [0.1, 0.15) is 24.5 Å². The zero-order valence-electron chi connectivity index (χ0n) is 26.0. The van der Waals surface area contributed by atoms with Crippen molar-refractivity contribution < 1.29 is 24.0 Å². The highest BCUT2D eigenvalue weighted by atomic mass is 16.2. The molecule has 238 valence electrons. The molecule has 1 aromatic heterocycles. The molecule has 1 aliphatic carbocycles. The lowest BCUT2D eigenvalue weighted by Gasteiger charge is -2.27. The van der Waals surface area contributed by atoms with Crippen LogP contribution in [0, 0.1) is 18.8 Å². The predicted octanol–water partition coefficient (Wildman–Crippen LogP) is 0.781. The lowest BCUT2D eigenvalue weighted by atomic mass is 10.0. The second kappa shape index (κ2) is 14.9. The summed E-state index contributed by atoms with van der Waals surface area (Å²) in [6.45, 7) is 7.94. The summed E-state index contributed by atoms with van der Waals surface area (Å²) in [5, 5.41) is 15.9. The first kappa shape index (κ1) is 32.6. The molecule has 2 aromatic rings. The minimum Gasteiger partial charge on any atom is -0.353 e. The van der Waals surface area contributed by atoms with Crippen LogP contribution in [-0.2, 0) is 36.9 Å². The fourth-order valence-electron chi connectivity index (χ4n) is 5.21. The van der Waals surface area contributed by atoms with E-state index in [9.17, 15) is 24.0 Å². The molecule has 0 unspecified atom stereocenters. The summed E-state index contributed by atoms with van der Waals surface area (Å²) >= 11 is 0. The van der Waals surface area contributed by atoms with E-state index in [2.05, 4.69) is 31.3 Å². The van der Waals surface area contributed by atoms with Crippen molar-refractivity contribution in [1.82, 2.24) is 40.9 Å². The molecule has 4 N–H and O–H groups in total. The highest BCUT2D eigenvalue weighted by Crippen LogP contribution is 2.31. The van der Waals surface area contributed by atoms with E-state index < -0.39 is 29.9 Å². The van der Waals surface area contributed by atoms with Crippen LogP contribution in [0.4, 0.5) is 0 Å². The zero-order valence-corrected chi connectivity index (χ0v) is 26.0. The molecule has 13 nitrogen and oxygen atoms in total. The molecule has 44 heavy (non-hydrogen) atoms. The van der Waals surface area contributed by atoms with Gasteiger partial charge in [-0.25, -0.2) is 9.67 Å². The number of fused-ring (bicyclic) bond motifs is 1. The van der Waals surface area contributed by atoms with Crippen molar-refractivity contribution >= 4 is 29.5 Å². The van der Waals surface area contributed by atoms with Crippen LogP contribution >= 0.6 is 0 Å². The summed E-state index contributed by atoms with van der Waals surface area (Å²) in [5.74, 6) is -0.774. The quantitative estimate of drug-likeness (QED) is 0.398. The summed E-state index contributed by atoms with van der Waals surface area (Å²) < 4.78 is 1.49. The third kappa shape index (κ3) is 9.10. The molecule has 4 rings (SSSR count). The summed E-state index contributed by atoms with van der Waals surface area (Å²) in [4.78, 5) is 71.8. The van der Waals surface area contributed by atoms with Crippen LogP contribution in [0.3, 0.4) is 0 Å². The van der Waals surface area contributed by atoms with Gasteiger partial charge in [-0.3, -0.25) is 24.0 Å². The number of amides is 5. The largest absolute Gasteiger partial charge is 0.353 e. The molecular formula is C31H44N8O5. The summed E-state index contributed by atoms with van der Waals surface area (Å²) in [6.07, 6.45) is 2.45. The zero-order chi connectivity index (χ0) is 31.8. The first-order valence-corrected chi connectivity index (χ1v) is 15.4. The highest BCUT2D eigenvalue weighted by Gasteiger charge is 2.34. The fraction of sp³-hybridized carbons (Fsp3) is 0.581. The van der Waals surface area contributed by atoms with Crippen LogP contribution in [0.25, 0.3) is 0 Å². The SMILES string of the molecule is Cc1nc2n(n1)CC(=O)NCCN(C(=O)C1CC1)CCCC(=O)N[C@@H](C)C(=O)N[C@H](Cc1ccccc1)C(=O)N[C@H]2C(C)C. The van der Waals surface area contributed by atoms with Crippen LogP contribution < -0.4 is 21.3 Å². The molecule has 1 aliphatic heterocycles. The average molecular weight is 609 g/mol. The number of carbonyl (C=O) groups is 5. The van der Waals surface area contributed by atoms with Gasteiger partial charge in [0.25, 0.3) is 0 Å². The molecule has 1 saturated carbocycles. The Kier molecular flexibility index (Phi) is 11.1. The van der Waals surface area contributed by atoms with E-state index >= 15 is 0 Å². The van der Waals surface area contributed by atoms with Gasteiger partial charge >= 0.3 is 0 Å². The molecule has 0 saturated heterocycles. The molecule has 2 aliphatic rings. The number of rotatable bonds is 4. The maximum atomic E-state index is 13.8. The van der Waals surface area contributed by atoms with E-state index in [1.54, 1.807) is 18.7 Å². The van der Waals surface area contributed by atoms with Crippen molar-refractivity contribution in [2.24, 2.45) is 11.8 Å². The van der Waals surface area contributed by atoms with Crippen LogP contribution in [-0.4, -0.2) is 80.9 Å². The number of hydrogen-bond acceptors (Lipinski definition) is 7. The topological polar surface area (TPSA) is 167 Å². The standard InChI is InChI=1S/C31H44N8O5/c1-19(2)27-28-34-21(4)37-39(28)18-26(41)32-14-16-38(31(44)23-12-13-23)15-8-11-25(40)33-20(3)29(42)35-24(30(43)36-27)17-22-9-6-5-7-10-22/h5-7,9-10,19-20,23-24,27H,8,11-18H2,1-4H3,(H,32,41)(H,33,40)(H,35,42)(H,36,43)/t20-,24+,27-/m0/s1. The Morgan fingerprint density at radius 2 is 1.70 bits per heavy atom. The van der Waals surface area contributed by atoms with E-state index in [1.807, 2.05) is 44.2 Å². The lowest BCUT2D eigenvalue weighted by Crippen LogP contribution is -2.54. The van der Waals surface area contributed by atoms with Crippen molar-refractivity contribution in [1.29, 1.82) is 0 Å². The van der Waals surface area contributed by atoms with Gasteiger partial charge in [-0.05, 0) is 44.6 Å². The number of nitrogens with one attached hydrogen (secondary N) is 4. The molecule has 3 atom stereocenters. The number of aryl methyl sites for hydroxylation is 1. The van der Waals surface area contributed by atoms with Gasteiger partial charge in [0.2, 0.25) is 29.5 Å². The van der Waals surface area contributed by atoms with Gasteiger partial charge in [0.05, 0.1) is 6.04 Å². The Hall–Kier alpha value is -4.29. The molecule has 1 fully saturated rings. The number of benzene rings is 1. The van der Waals surface area contributed by atoms with Crippen molar-refractivity contribution in [2.45, 2.75) is 84.5 Å². The van der Waals surface area contributed by atoms with E-state index in [0.29, 0.717) is 31.2 Å². The Bertz CT molecular complexity index is 1340. The van der Waals surface area contributed by atoms with Crippen LogP contribution in [0.1, 0.15) is 69.7 Å². The lowest BCUT2D eigenvalue weighted by molar-refractivity contribution is -0.134. The number of nitrogens with zero attached hydrogens (tertiary/aromatic N) is 4. The monoisotopic (exact) mass is 608 g/mol. The van der Waals surface area contributed by atoms with Crippen molar-refractivity contribution in [2.75, 3.05) is 19.6 Å². The average Bonchev–Trinajstić information content (AvgIpc) is 3.76. The Labute approximate surface area is 257 Å². The molecule has 13 heteroatoms. The summed E-state index contributed by atoms with van der Waals surface area (Å²) in [7, 11) is 0. The molecule has 0 radical (unpaired) electrons. The molecule has 1 aromatic carbocycles. The van der Waals surface area contributed by atoms with E-state index in [4.69, 9.17) is 0 Å². The molecule has 0 bridgehead atoms. The number of aromatic nitrogens is 3. The Morgan fingerprint density at radius 3 is 2.39 bits per heavy atom. The molecular weight excluding hydrogens is 564 g/mol. The smallest absolute Gasteiger partial charge is 0.243 e. The molecule has 2 heterocycles. The summed E-state index contributed by atoms with van der Waals surface area (Å²) in [6, 6.07) is 6.89. The van der Waals surface area contributed by atoms with E-state index in [-0.39, 0.29) is 55.5 Å². The van der Waals surface area contributed by atoms with Gasteiger partial charge in [0, 0.05) is 38.4 Å². The van der Waals surface area contributed by atoms with Crippen LogP contribution in [0.5, 0.6) is 0 Å². The minimum absolute atomic E-state index is 0.00137. The van der Waals surface area contributed by atoms with Gasteiger partial charge in [-0.2, -0.15) is 5.10 Å². The molecule has 5 amide bonds. The summed E-state index contributed by atoms with van der Waals surface area (Å²) in [5.41, 5.74) is 0.848. The fourth-order valence-corrected chi connectivity index (χ4v) is 5.21. The normalized spacial score (nSPS) is 23.2. The maximum Gasteiger partial charge on any atom is 0.243 e. The van der Waals surface area contributed by atoms with Gasteiger partial charge in [-0.1, -0.05) is 44.2 Å². The van der Waals surface area contributed by atoms with E-state index in [1.165, 1.54) is 4.68 Å². The third-order valence-corrected chi connectivity index (χ3v) is 7.80. The Balaban J connectivity index is 1.60. The maximum absolute atomic E-state index is 13.8. The van der Waals surface area contributed by atoms with Crippen molar-refractivity contribution in [3.05, 3.63) is 47.5 Å². The van der Waals surface area contributed by atoms with Crippen molar-refractivity contribution in [3.63, 3.8) is 0 Å². The second-order valence-corrected chi connectivity index (χ2v) is 12.0.